The molecule has 0 saturated carbocycles. The van der Waals surface area contributed by atoms with Gasteiger partial charge in [0.05, 0.1) is 17.9 Å². The molecule has 1 aromatic carbocycles. The summed E-state index contributed by atoms with van der Waals surface area (Å²) in [4.78, 5) is 15.0. The Bertz CT molecular complexity index is 839. The van der Waals surface area contributed by atoms with Crippen molar-refractivity contribution in [1.82, 2.24) is 4.98 Å². The average Bonchev–Trinajstić information content (AvgIpc) is 2.60. The standard InChI is InChI=1S/C17H13N3O3S/c1-2-23-16-12(8-18)15(11-6-4-3-5-7-11)13(9-19)17(20-16)24-10-14(21)22/h3-7H,2,10H2,1H3,(H,21,22). The quantitative estimate of drug-likeness (QED) is 0.806. The number of hydrogen-bond acceptors (Lipinski definition) is 6. The van der Waals surface area contributed by atoms with E-state index < -0.39 is 5.97 Å². The van der Waals surface area contributed by atoms with E-state index in [9.17, 15) is 15.3 Å². The molecule has 2 rings (SSSR count). The Morgan fingerprint density at radius 2 is 1.92 bits per heavy atom. The van der Waals surface area contributed by atoms with Crippen LogP contribution in [0.2, 0.25) is 0 Å². The van der Waals surface area contributed by atoms with Crippen LogP contribution in [0.15, 0.2) is 35.4 Å². The van der Waals surface area contributed by atoms with Crippen LogP contribution in [0.4, 0.5) is 0 Å². The molecule has 0 aliphatic rings. The molecule has 1 aromatic heterocycles. The van der Waals surface area contributed by atoms with Crippen molar-refractivity contribution in [2.75, 3.05) is 12.4 Å². The third kappa shape index (κ3) is 3.65. The van der Waals surface area contributed by atoms with E-state index in [0.29, 0.717) is 17.7 Å². The van der Waals surface area contributed by atoms with Gasteiger partial charge in [0, 0.05) is 5.56 Å². The highest BCUT2D eigenvalue weighted by Gasteiger charge is 2.22. The van der Waals surface area contributed by atoms with Gasteiger partial charge < -0.3 is 9.84 Å². The molecule has 2 aromatic rings. The van der Waals surface area contributed by atoms with Gasteiger partial charge in [-0.15, -0.1) is 0 Å². The van der Waals surface area contributed by atoms with Crippen LogP contribution < -0.4 is 4.74 Å². The minimum atomic E-state index is -1.02. The molecule has 0 unspecified atom stereocenters. The highest BCUT2D eigenvalue weighted by molar-refractivity contribution is 7.99. The molecule has 120 valence electrons. The summed E-state index contributed by atoms with van der Waals surface area (Å²) in [5.41, 5.74) is 1.42. The molecule has 1 heterocycles. The number of nitrogens with zero attached hydrogens (tertiary/aromatic N) is 3. The molecule has 0 fully saturated rings. The maximum absolute atomic E-state index is 10.8. The highest BCUT2D eigenvalue weighted by Crippen LogP contribution is 2.37. The molecular formula is C17H13N3O3S. The average molecular weight is 339 g/mol. The van der Waals surface area contributed by atoms with Crippen molar-refractivity contribution in [3.05, 3.63) is 41.5 Å². The van der Waals surface area contributed by atoms with Crippen LogP contribution >= 0.6 is 11.8 Å². The van der Waals surface area contributed by atoms with Gasteiger partial charge in [0.15, 0.2) is 0 Å². The second-order valence-electron chi connectivity index (χ2n) is 4.55. The predicted molar refractivity (Wildman–Crippen MR) is 88.6 cm³/mol. The second-order valence-corrected chi connectivity index (χ2v) is 5.52. The van der Waals surface area contributed by atoms with Crippen LogP contribution in [0.1, 0.15) is 18.1 Å². The number of ether oxygens (including phenoxy) is 1. The summed E-state index contributed by atoms with van der Waals surface area (Å²) in [5.74, 6) is -1.16. The first kappa shape index (κ1) is 17.3. The topological polar surface area (TPSA) is 107 Å². The van der Waals surface area contributed by atoms with E-state index >= 15 is 0 Å². The number of rotatable bonds is 6. The van der Waals surface area contributed by atoms with E-state index in [1.807, 2.05) is 12.1 Å². The summed E-state index contributed by atoms with van der Waals surface area (Å²) in [5, 5.41) is 28.2. The lowest BCUT2D eigenvalue weighted by Gasteiger charge is -2.14. The van der Waals surface area contributed by atoms with E-state index in [2.05, 4.69) is 11.1 Å². The SMILES string of the molecule is CCOc1nc(SCC(=O)O)c(C#N)c(-c2ccccc2)c1C#N. The van der Waals surface area contributed by atoms with Gasteiger partial charge in [0.1, 0.15) is 22.7 Å². The molecule has 0 atom stereocenters. The van der Waals surface area contributed by atoms with Gasteiger partial charge in [0.2, 0.25) is 5.88 Å². The van der Waals surface area contributed by atoms with Crippen molar-refractivity contribution >= 4 is 17.7 Å². The van der Waals surface area contributed by atoms with Crippen LogP contribution in [0, 0.1) is 22.7 Å². The Morgan fingerprint density at radius 1 is 1.25 bits per heavy atom. The van der Waals surface area contributed by atoms with Crippen LogP contribution in [0.5, 0.6) is 5.88 Å². The molecule has 6 nitrogen and oxygen atoms in total. The van der Waals surface area contributed by atoms with Gasteiger partial charge in [-0.05, 0) is 12.5 Å². The number of carboxylic acid groups (broad SMARTS) is 1. The molecule has 0 radical (unpaired) electrons. The number of carbonyl (C=O) groups is 1. The fraction of sp³-hybridized carbons (Fsp3) is 0.176. The normalized spacial score (nSPS) is 9.79. The first-order chi connectivity index (χ1) is 11.6. The number of pyridine rings is 1. The first-order valence-electron chi connectivity index (χ1n) is 7.03. The predicted octanol–water partition coefficient (Wildman–Crippen LogP) is 3.07. The van der Waals surface area contributed by atoms with Gasteiger partial charge in [0.25, 0.3) is 0 Å². The van der Waals surface area contributed by atoms with Gasteiger partial charge in [-0.1, -0.05) is 42.1 Å². The third-order valence-corrected chi connectivity index (χ3v) is 3.99. The highest BCUT2D eigenvalue weighted by atomic mass is 32.2. The molecule has 0 amide bonds. The summed E-state index contributed by atoms with van der Waals surface area (Å²) in [6, 6.07) is 13.1. The summed E-state index contributed by atoms with van der Waals surface area (Å²) >= 11 is 0.925. The van der Waals surface area contributed by atoms with Crippen molar-refractivity contribution in [3.63, 3.8) is 0 Å². The summed E-state index contributed by atoms with van der Waals surface area (Å²) in [6.07, 6.45) is 0. The number of aliphatic carboxylic acids is 1. The molecule has 7 heteroatoms. The number of thioether (sulfide) groups is 1. The van der Waals surface area contributed by atoms with Crippen molar-refractivity contribution < 1.29 is 14.6 Å². The van der Waals surface area contributed by atoms with Crippen molar-refractivity contribution in [1.29, 1.82) is 10.5 Å². The summed E-state index contributed by atoms with van der Waals surface area (Å²) < 4.78 is 5.43. The fourth-order valence-corrected chi connectivity index (χ4v) is 2.82. The van der Waals surface area contributed by atoms with Gasteiger partial charge in [-0.3, -0.25) is 4.79 Å². The van der Waals surface area contributed by atoms with Crippen LogP contribution in [0.3, 0.4) is 0 Å². The molecular weight excluding hydrogens is 326 g/mol. The smallest absolute Gasteiger partial charge is 0.313 e. The largest absolute Gasteiger partial charge is 0.481 e. The Morgan fingerprint density at radius 3 is 2.46 bits per heavy atom. The fourth-order valence-electron chi connectivity index (χ4n) is 2.12. The minimum Gasteiger partial charge on any atom is -0.481 e. The Kier molecular flexibility index (Phi) is 5.78. The molecule has 24 heavy (non-hydrogen) atoms. The summed E-state index contributed by atoms with van der Waals surface area (Å²) in [7, 11) is 0. The lowest BCUT2D eigenvalue weighted by molar-refractivity contribution is -0.133. The zero-order chi connectivity index (χ0) is 17.5. The van der Waals surface area contributed by atoms with Gasteiger partial charge in [-0.25, -0.2) is 4.98 Å². The van der Waals surface area contributed by atoms with E-state index in [-0.39, 0.29) is 27.8 Å². The number of aromatic nitrogens is 1. The minimum absolute atomic E-state index is 0.103. The van der Waals surface area contributed by atoms with Crippen molar-refractivity contribution in [3.8, 4) is 29.1 Å². The zero-order valence-electron chi connectivity index (χ0n) is 12.8. The maximum atomic E-state index is 10.8. The lowest BCUT2D eigenvalue weighted by atomic mass is 9.97. The van der Waals surface area contributed by atoms with E-state index in [1.165, 1.54) is 0 Å². The third-order valence-electron chi connectivity index (χ3n) is 3.03. The second kappa shape index (κ2) is 8.00. The van der Waals surface area contributed by atoms with E-state index in [1.54, 1.807) is 31.2 Å². The monoisotopic (exact) mass is 339 g/mol. The van der Waals surface area contributed by atoms with E-state index in [4.69, 9.17) is 9.84 Å². The maximum Gasteiger partial charge on any atom is 0.313 e. The molecule has 0 saturated heterocycles. The molecule has 0 aliphatic carbocycles. The number of hydrogen-bond donors (Lipinski definition) is 1. The lowest BCUT2D eigenvalue weighted by Crippen LogP contribution is -2.05. The van der Waals surface area contributed by atoms with Gasteiger partial charge in [-0.2, -0.15) is 10.5 Å². The van der Waals surface area contributed by atoms with Gasteiger partial charge >= 0.3 is 5.97 Å². The molecule has 0 aliphatic heterocycles. The van der Waals surface area contributed by atoms with Crippen LogP contribution in [0.25, 0.3) is 11.1 Å². The number of carboxylic acids is 1. The van der Waals surface area contributed by atoms with Crippen LogP contribution in [-0.4, -0.2) is 28.4 Å². The number of benzene rings is 1. The summed E-state index contributed by atoms with van der Waals surface area (Å²) in [6.45, 7) is 2.05. The van der Waals surface area contributed by atoms with E-state index in [0.717, 1.165) is 11.8 Å². The van der Waals surface area contributed by atoms with Crippen molar-refractivity contribution in [2.24, 2.45) is 0 Å². The Labute approximate surface area is 143 Å². The zero-order valence-corrected chi connectivity index (χ0v) is 13.6. The molecule has 1 N–H and O–H groups in total. The number of nitriles is 2. The first-order valence-corrected chi connectivity index (χ1v) is 8.01. The van der Waals surface area contributed by atoms with Crippen molar-refractivity contribution in [2.45, 2.75) is 11.9 Å². The molecule has 0 spiro atoms. The van der Waals surface area contributed by atoms with Crippen LogP contribution in [-0.2, 0) is 4.79 Å². The Balaban J connectivity index is 2.75. The Hall–Kier alpha value is -3.03. The molecule has 0 bridgehead atoms.